The van der Waals surface area contributed by atoms with Gasteiger partial charge in [-0.3, -0.25) is 4.57 Å². The van der Waals surface area contributed by atoms with Gasteiger partial charge in [-0.2, -0.15) is 15.6 Å². The van der Waals surface area contributed by atoms with E-state index in [4.69, 9.17) is 5.26 Å². The predicted molar refractivity (Wildman–Crippen MR) is 69.5 cm³/mol. The molecule has 19 heavy (non-hydrogen) atoms. The Labute approximate surface area is 111 Å². The summed E-state index contributed by atoms with van der Waals surface area (Å²) in [7, 11) is 0. The average Bonchev–Trinajstić information content (AvgIpc) is 2.93. The summed E-state index contributed by atoms with van der Waals surface area (Å²) in [5, 5.41) is 26.8. The molecule has 5 heteroatoms. The Hall–Kier alpha value is -2.66. The summed E-state index contributed by atoms with van der Waals surface area (Å²) in [4.78, 5) is 0. The molecule has 0 aliphatic rings. The summed E-state index contributed by atoms with van der Waals surface area (Å²) in [6.07, 6.45) is 3.17. The minimum atomic E-state index is 0.429. The highest BCUT2D eigenvalue weighted by Gasteiger charge is 2.16. The molecule has 0 atom stereocenters. The molecular weight excluding hydrogens is 238 g/mol. The first-order chi connectivity index (χ1) is 9.26. The van der Waals surface area contributed by atoms with Crippen molar-refractivity contribution in [3.8, 4) is 18.0 Å². The second-order valence-corrected chi connectivity index (χ2v) is 4.02. The molecule has 5 nitrogen and oxygen atoms in total. The van der Waals surface area contributed by atoms with Crippen molar-refractivity contribution in [1.82, 2.24) is 14.8 Å². The van der Waals surface area contributed by atoms with Crippen molar-refractivity contribution in [1.29, 1.82) is 10.5 Å². The average molecular weight is 251 g/mol. The van der Waals surface area contributed by atoms with Crippen molar-refractivity contribution >= 4 is 0 Å². The topological polar surface area (TPSA) is 78.3 Å². The Morgan fingerprint density at radius 2 is 1.95 bits per heavy atom. The molecule has 2 aromatic rings. The molecule has 0 aliphatic carbocycles. The fourth-order valence-corrected chi connectivity index (χ4v) is 2.11. The first-order valence-corrected chi connectivity index (χ1v) is 6.13. The second kappa shape index (κ2) is 5.32. The zero-order valence-electron chi connectivity index (χ0n) is 10.9. The van der Waals surface area contributed by atoms with E-state index in [1.807, 2.05) is 13.8 Å². The minimum absolute atomic E-state index is 0.429. The van der Waals surface area contributed by atoms with E-state index in [-0.39, 0.29) is 0 Å². The third-order valence-electron chi connectivity index (χ3n) is 3.03. The number of aryl methyl sites for hydroxylation is 1. The Kier molecular flexibility index (Phi) is 3.58. The summed E-state index contributed by atoms with van der Waals surface area (Å²) >= 11 is 0. The van der Waals surface area contributed by atoms with Gasteiger partial charge in [-0.25, -0.2) is 0 Å². The lowest BCUT2D eigenvalue weighted by atomic mass is 10.0. The first kappa shape index (κ1) is 12.8. The van der Waals surface area contributed by atoms with Crippen LogP contribution in [0.3, 0.4) is 0 Å². The lowest BCUT2D eigenvalue weighted by molar-refractivity contribution is 0.828. The number of aromatic nitrogens is 3. The van der Waals surface area contributed by atoms with Crippen molar-refractivity contribution in [2.75, 3.05) is 0 Å². The van der Waals surface area contributed by atoms with Gasteiger partial charge in [0.2, 0.25) is 0 Å². The molecule has 2 aromatic heterocycles. The van der Waals surface area contributed by atoms with Crippen molar-refractivity contribution in [2.24, 2.45) is 0 Å². The van der Waals surface area contributed by atoms with Crippen LogP contribution >= 0.6 is 0 Å². The van der Waals surface area contributed by atoms with Crippen LogP contribution < -0.4 is 0 Å². The molecule has 0 N–H and O–H groups in total. The van der Waals surface area contributed by atoms with Gasteiger partial charge in [-0.15, -0.1) is 5.10 Å². The maximum Gasteiger partial charge on any atom is 0.178 e. The lowest BCUT2D eigenvalue weighted by Crippen LogP contribution is -2.10. The molecule has 0 amide bonds. The van der Waals surface area contributed by atoms with Crippen molar-refractivity contribution in [3.05, 3.63) is 40.8 Å². The minimum Gasteiger partial charge on any atom is -0.290 e. The van der Waals surface area contributed by atoms with E-state index < -0.39 is 0 Å². The molecule has 0 saturated heterocycles. The van der Waals surface area contributed by atoms with Crippen LogP contribution in [0.15, 0.2) is 18.3 Å². The largest absolute Gasteiger partial charge is 0.290 e. The maximum atomic E-state index is 9.40. The highest BCUT2D eigenvalue weighted by Crippen LogP contribution is 2.20. The van der Waals surface area contributed by atoms with E-state index in [0.29, 0.717) is 17.1 Å². The number of nitriles is 2. The molecule has 94 valence electrons. The summed E-state index contributed by atoms with van der Waals surface area (Å²) in [5.41, 5.74) is 2.69. The Bertz CT molecular complexity index is 685. The van der Waals surface area contributed by atoms with Gasteiger partial charge in [-0.05, 0) is 30.5 Å². The maximum absolute atomic E-state index is 9.40. The molecular formula is C14H13N5. The third-order valence-corrected chi connectivity index (χ3v) is 3.03. The molecule has 0 radical (unpaired) electrons. The quantitative estimate of drug-likeness (QED) is 0.837. The Morgan fingerprint density at radius 1 is 1.16 bits per heavy atom. The lowest BCUT2D eigenvalue weighted by Gasteiger charge is -2.11. The molecule has 2 heterocycles. The first-order valence-electron chi connectivity index (χ1n) is 6.13. The van der Waals surface area contributed by atoms with Gasteiger partial charge < -0.3 is 0 Å². The zero-order chi connectivity index (χ0) is 13.8. The molecule has 2 rings (SSSR count). The van der Waals surface area contributed by atoms with Crippen LogP contribution in [0, 0.1) is 22.7 Å². The van der Waals surface area contributed by atoms with Crippen LogP contribution in [0.2, 0.25) is 0 Å². The zero-order valence-corrected chi connectivity index (χ0v) is 10.9. The fourth-order valence-electron chi connectivity index (χ4n) is 2.11. The van der Waals surface area contributed by atoms with Gasteiger partial charge >= 0.3 is 0 Å². The third kappa shape index (κ3) is 2.07. The number of nitrogens with zero attached hydrogens (tertiary/aromatic N) is 5. The standard InChI is InChI=1S/C14H13N5/c1-3-11-12(9-16)14(18-17-13(11)4-2)19-7-5-6-10(19)8-15/h5-7H,3-4H2,1-2H3. The van der Waals surface area contributed by atoms with Crippen LogP contribution in [0.5, 0.6) is 0 Å². The van der Waals surface area contributed by atoms with E-state index in [1.54, 1.807) is 22.9 Å². The summed E-state index contributed by atoms with van der Waals surface area (Å²) in [5.74, 6) is 0.429. The fraction of sp³-hybridized carbons (Fsp3) is 0.286. The number of hydrogen-bond acceptors (Lipinski definition) is 4. The van der Waals surface area contributed by atoms with E-state index in [2.05, 4.69) is 22.3 Å². The van der Waals surface area contributed by atoms with Crippen LogP contribution in [0.1, 0.15) is 36.4 Å². The van der Waals surface area contributed by atoms with Crippen LogP contribution in [0.25, 0.3) is 5.82 Å². The van der Waals surface area contributed by atoms with E-state index in [0.717, 1.165) is 24.1 Å². The highest BCUT2D eigenvalue weighted by molar-refractivity contribution is 5.51. The number of hydrogen-bond donors (Lipinski definition) is 0. The monoisotopic (exact) mass is 251 g/mol. The van der Waals surface area contributed by atoms with E-state index >= 15 is 0 Å². The van der Waals surface area contributed by atoms with Crippen LogP contribution in [0.4, 0.5) is 0 Å². The normalized spacial score (nSPS) is 9.89. The molecule has 0 saturated carbocycles. The van der Waals surface area contributed by atoms with E-state index in [1.165, 1.54) is 0 Å². The molecule has 0 aromatic carbocycles. The molecule has 0 bridgehead atoms. The summed E-state index contributed by atoms with van der Waals surface area (Å²) in [6, 6.07) is 7.71. The highest BCUT2D eigenvalue weighted by atomic mass is 15.2. The van der Waals surface area contributed by atoms with Gasteiger partial charge in [0, 0.05) is 6.20 Å². The predicted octanol–water partition coefficient (Wildman–Crippen LogP) is 2.14. The smallest absolute Gasteiger partial charge is 0.178 e. The van der Waals surface area contributed by atoms with E-state index in [9.17, 15) is 5.26 Å². The summed E-state index contributed by atoms with van der Waals surface area (Å²) in [6.45, 7) is 3.97. The SMILES string of the molecule is CCc1nnc(-n2cccc2C#N)c(C#N)c1CC. The second-order valence-electron chi connectivity index (χ2n) is 4.02. The Morgan fingerprint density at radius 3 is 2.53 bits per heavy atom. The summed E-state index contributed by atoms with van der Waals surface area (Å²) < 4.78 is 1.60. The van der Waals surface area contributed by atoms with Gasteiger partial charge in [-0.1, -0.05) is 13.8 Å². The molecule has 0 fully saturated rings. The van der Waals surface area contributed by atoms with Crippen LogP contribution in [-0.2, 0) is 12.8 Å². The van der Waals surface area contributed by atoms with Crippen molar-refractivity contribution < 1.29 is 0 Å². The molecule has 0 aliphatic heterocycles. The van der Waals surface area contributed by atoms with Crippen molar-refractivity contribution in [2.45, 2.75) is 26.7 Å². The van der Waals surface area contributed by atoms with Gasteiger partial charge in [0.05, 0.1) is 5.69 Å². The molecule has 0 unspecified atom stereocenters. The van der Waals surface area contributed by atoms with Gasteiger partial charge in [0.1, 0.15) is 23.4 Å². The van der Waals surface area contributed by atoms with Crippen molar-refractivity contribution in [3.63, 3.8) is 0 Å². The molecule has 0 spiro atoms. The Balaban J connectivity index is 2.73. The number of rotatable bonds is 3. The van der Waals surface area contributed by atoms with Gasteiger partial charge in [0.15, 0.2) is 5.82 Å². The van der Waals surface area contributed by atoms with Crippen LogP contribution in [-0.4, -0.2) is 14.8 Å². The van der Waals surface area contributed by atoms with Gasteiger partial charge in [0.25, 0.3) is 0 Å².